The lowest BCUT2D eigenvalue weighted by Crippen LogP contribution is -2.27. The first kappa shape index (κ1) is 32.0. The molecule has 14 heteroatoms. The fourth-order valence-electron chi connectivity index (χ4n) is 5.52. The normalized spacial score (nSPS) is 11.8. The number of fused-ring (bicyclic) bond motifs is 2. The molecule has 0 saturated heterocycles. The lowest BCUT2D eigenvalue weighted by molar-refractivity contribution is 0.229. The summed E-state index contributed by atoms with van der Waals surface area (Å²) < 4.78 is 56.9. The van der Waals surface area contributed by atoms with Crippen molar-refractivity contribution in [1.82, 2.24) is 44.9 Å². The molecule has 47 heavy (non-hydrogen) atoms. The maximum Gasteiger partial charge on any atom is 0.184 e. The van der Waals surface area contributed by atoms with Crippen LogP contribution in [0.25, 0.3) is 56.0 Å². The summed E-state index contributed by atoms with van der Waals surface area (Å²) >= 11 is 0. The van der Waals surface area contributed by atoms with Crippen LogP contribution in [0.3, 0.4) is 0 Å². The zero-order valence-electron chi connectivity index (χ0n) is 26.0. The predicted octanol–water partition coefficient (Wildman–Crippen LogP) is 6.01. The molecule has 3 N–H and O–H groups in total. The molecule has 0 bridgehead atoms. The number of nitrogens with zero attached hydrogens (tertiary/aromatic N) is 7. The molecule has 0 spiro atoms. The topological polar surface area (TPSA) is 115 Å². The molecule has 0 saturated carbocycles. The molecule has 6 aromatic rings. The van der Waals surface area contributed by atoms with Crippen LogP contribution in [-0.2, 0) is 6.54 Å². The van der Waals surface area contributed by atoms with Gasteiger partial charge >= 0.3 is 0 Å². The number of imidazole rings is 1. The van der Waals surface area contributed by atoms with Crippen molar-refractivity contribution in [3.8, 4) is 33.8 Å². The highest BCUT2D eigenvalue weighted by Gasteiger charge is 2.22. The van der Waals surface area contributed by atoms with Gasteiger partial charge in [-0.3, -0.25) is 19.4 Å². The Morgan fingerprint density at radius 1 is 0.872 bits per heavy atom. The third-order valence-electron chi connectivity index (χ3n) is 7.77. The van der Waals surface area contributed by atoms with Crippen LogP contribution in [0, 0.1) is 11.6 Å². The minimum atomic E-state index is -0.581. The standard InChI is InChI=1S/C33H34F4N10/c1-46(2)11-8-39-24-14-21(13-23(36)15-24)25-4-7-40-32-29(25)42-33(43-32)30-27-28(37)26(18-41-31(27)45-44-30)22-12-20(16-38-17-22)19-47(10-6-35)9-3-5-34/h4,7,12-18,39H,3,5-6,8-11,19H2,1-2H3,(H,40,42,43)(H,41,44,45). The summed E-state index contributed by atoms with van der Waals surface area (Å²) in [5.41, 5.74) is 4.64. The van der Waals surface area contributed by atoms with Crippen LogP contribution in [0.5, 0.6) is 0 Å². The molecule has 0 atom stereocenters. The van der Waals surface area contributed by atoms with Crippen molar-refractivity contribution in [3.63, 3.8) is 0 Å². The summed E-state index contributed by atoms with van der Waals surface area (Å²) in [4.78, 5) is 24.7. The number of alkyl halides is 2. The van der Waals surface area contributed by atoms with E-state index in [9.17, 15) is 13.2 Å². The number of aromatic nitrogens is 7. The fourth-order valence-corrected chi connectivity index (χ4v) is 5.52. The number of hydrogen-bond acceptors (Lipinski definition) is 8. The number of aromatic amines is 2. The van der Waals surface area contributed by atoms with E-state index >= 15 is 4.39 Å². The Balaban J connectivity index is 1.35. The number of rotatable bonds is 14. The zero-order chi connectivity index (χ0) is 32.9. The van der Waals surface area contributed by atoms with E-state index in [0.29, 0.717) is 59.6 Å². The average molecular weight is 647 g/mol. The smallest absolute Gasteiger partial charge is 0.184 e. The SMILES string of the molecule is CN(C)CCNc1cc(F)cc(-c2ccnc3nc(-c4[nH]nc5ncc(-c6cncc(CN(CCF)CCCF)c6)c(F)c45)[nH]c23)c1. The van der Waals surface area contributed by atoms with Gasteiger partial charge in [0.15, 0.2) is 17.1 Å². The number of halogens is 4. The Labute approximate surface area is 268 Å². The summed E-state index contributed by atoms with van der Waals surface area (Å²) in [6, 6.07) is 8.26. The molecule has 10 nitrogen and oxygen atoms in total. The summed E-state index contributed by atoms with van der Waals surface area (Å²) in [6.07, 6.45) is 6.41. The number of benzene rings is 1. The van der Waals surface area contributed by atoms with Crippen LogP contribution in [0.2, 0.25) is 0 Å². The van der Waals surface area contributed by atoms with Gasteiger partial charge in [-0.05, 0) is 62.0 Å². The molecule has 6 rings (SSSR count). The molecule has 0 aliphatic rings. The molecule has 0 radical (unpaired) electrons. The van der Waals surface area contributed by atoms with Gasteiger partial charge in [0.2, 0.25) is 0 Å². The third-order valence-corrected chi connectivity index (χ3v) is 7.77. The van der Waals surface area contributed by atoms with Crippen molar-refractivity contribution >= 4 is 27.9 Å². The highest BCUT2D eigenvalue weighted by atomic mass is 19.1. The lowest BCUT2D eigenvalue weighted by atomic mass is 10.0. The van der Waals surface area contributed by atoms with E-state index in [-0.39, 0.29) is 34.7 Å². The molecular formula is C33H34F4N10. The number of likely N-dealkylation sites (N-methyl/N-ethyl adjacent to an activating group) is 1. The molecule has 0 amide bonds. The largest absolute Gasteiger partial charge is 0.384 e. The van der Waals surface area contributed by atoms with Crippen LogP contribution < -0.4 is 5.32 Å². The monoisotopic (exact) mass is 646 g/mol. The maximum absolute atomic E-state index is 16.3. The van der Waals surface area contributed by atoms with Crippen molar-refractivity contribution in [1.29, 1.82) is 0 Å². The van der Waals surface area contributed by atoms with Gasteiger partial charge in [0.25, 0.3) is 0 Å². The molecular weight excluding hydrogens is 612 g/mol. The minimum absolute atomic E-state index is 0.119. The Morgan fingerprint density at radius 2 is 1.74 bits per heavy atom. The highest BCUT2D eigenvalue weighted by Crippen LogP contribution is 2.35. The summed E-state index contributed by atoms with van der Waals surface area (Å²) in [6.45, 7) is 1.26. The average Bonchev–Trinajstić information content (AvgIpc) is 3.69. The maximum atomic E-state index is 16.3. The van der Waals surface area contributed by atoms with Gasteiger partial charge in [-0.15, -0.1) is 0 Å². The minimum Gasteiger partial charge on any atom is -0.384 e. The second-order valence-corrected chi connectivity index (χ2v) is 11.5. The van der Waals surface area contributed by atoms with Gasteiger partial charge < -0.3 is 15.2 Å². The first-order chi connectivity index (χ1) is 22.8. The summed E-state index contributed by atoms with van der Waals surface area (Å²) in [5, 5.41) is 10.4. The van der Waals surface area contributed by atoms with Crippen LogP contribution in [-0.4, -0.2) is 98.5 Å². The Kier molecular flexibility index (Phi) is 9.68. The quantitative estimate of drug-likeness (QED) is 0.123. The summed E-state index contributed by atoms with van der Waals surface area (Å²) in [5.74, 6) is -0.696. The van der Waals surface area contributed by atoms with Crippen LogP contribution in [0.1, 0.15) is 12.0 Å². The summed E-state index contributed by atoms with van der Waals surface area (Å²) in [7, 11) is 3.93. The zero-order valence-corrected chi connectivity index (χ0v) is 26.0. The van der Waals surface area contributed by atoms with Crippen LogP contribution in [0.4, 0.5) is 23.2 Å². The molecule has 5 heterocycles. The molecule has 1 aromatic carbocycles. The van der Waals surface area contributed by atoms with E-state index in [1.54, 1.807) is 29.4 Å². The number of anilines is 1. The van der Waals surface area contributed by atoms with E-state index in [1.807, 2.05) is 25.1 Å². The van der Waals surface area contributed by atoms with Crippen molar-refractivity contribution in [2.24, 2.45) is 0 Å². The van der Waals surface area contributed by atoms with Crippen LogP contribution >= 0.6 is 0 Å². The Morgan fingerprint density at radius 3 is 2.55 bits per heavy atom. The number of H-pyrrole nitrogens is 2. The van der Waals surface area contributed by atoms with E-state index in [4.69, 9.17) is 0 Å². The van der Waals surface area contributed by atoms with Gasteiger partial charge in [0.1, 0.15) is 24.0 Å². The van der Waals surface area contributed by atoms with Gasteiger partial charge in [0, 0.05) is 79.9 Å². The fraction of sp³-hybridized carbons (Fsp3) is 0.303. The van der Waals surface area contributed by atoms with E-state index in [2.05, 4.69) is 40.4 Å². The van der Waals surface area contributed by atoms with Crippen molar-refractivity contribution in [3.05, 3.63) is 72.3 Å². The lowest BCUT2D eigenvalue weighted by Gasteiger charge is -2.20. The van der Waals surface area contributed by atoms with E-state index < -0.39 is 25.0 Å². The molecule has 0 aliphatic carbocycles. The molecule has 244 valence electrons. The van der Waals surface area contributed by atoms with Gasteiger partial charge in [-0.1, -0.05) is 0 Å². The van der Waals surface area contributed by atoms with Crippen molar-refractivity contribution in [2.45, 2.75) is 13.0 Å². The first-order valence-corrected chi connectivity index (χ1v) is 15.2. The third kappa shape index (κ3) is 7.08. The number of nitrogens with one attached hydrogen (secondary N) is 3. The molecule has 0 unspecified atom stereocenters. The van der Waals surface area contributed by atoms with Gasteiger partial charge in [0.05, 0.1) is 17.6 Å². The number of hydrogen-bond donors (Lipinski definition) is 3. The highest BCUT2D eigenvalue weighted by molar-refractivity contribution is 5.96. The molecule has 5 aromatic heterocycles. The first-order valence-electron chi connectivity index (χ1n) is 15.2. The van der Waals surface area contributed by atoms with Crippen molar-refractivity contribution < 1.29 is 17.6 Å². The van der Waals surface area contributed by atoms with Crippen LogP contribution in [0.15, 0.2) is 55.1 Å². The second kappa shape index (κ2) is 14.2. The second-order valence-electron chi connectivity index (χ2n) is 11.5. The van der Waals surface area contributed by atoms with Gasteiger partial charge in [-0.25, -0.2) is 28.1 Å². The Bertz CT molecular complexity index is 1990. The molecule has 0 aliphatic heterocycles. The predicted molar refractivity (Wildman–Crippen MR) is 174 cm³/mol. The molecule has 0 fully saturated rings. The van der Waals surface area contributed by atoms with Gasteiger partial charge in [-0.2, -0.15) is 5.10 Å². The van der Waals surface area contributed by atoms with Crippen molar-refractivity contribution in [2.75, 3.05) is 58.9 Å². The van der Waals surface area contributed by atoms with E-state index in [0.717, 1.165) is 12.1 Å². The van der Waals surface area contributed by atoms with E-state index in [1.165, 1.54) is 24.5 Å². The number of pyridine rings is 3. The Hall–Kier alpha value is -4.95.